The molecule has 0 saturated heterocycles. The van der Waals surface area contributed by atoms with Crippen molar-refractivity contribution < 1.29 is 9.53 Å². The molecule has 3 aromatic rings. The van der Waals surface area contributed by atoms with Crippen LogP contribution in [0.3, 0.4) is 0 Å². The number of pyridine rings is 1. The first-order valence-electron chi connectivity index (χ1n) is 8.29. The molecule has 0 atom stereocenters. The number of para-hydroxylation sites is 1. The number of aromatic nitrogens is 1. The summed E-state index contributed by atoms with van der Waals surface area (Å²) >= 11 is 0. The Labute approximate surface area is 144 Å². The first-order chi connectivity index (χ1) is 12.2. The van der Waals surface area contributed by atoms with E-state index in [0.717, 1.165) is 41.3 Å². The maximum absolute atomic E-state index is 12.5. The Hall–Kier alpha value is -3.08. The minimum Gasteiger partial charge on any atom is -0.496 e. The van der Waals surface area contributed by atoms with E-state index in [2.05, 4.69) is 10.3 Å². The molecule has 0 fully saturated rings. The molecule has 25 heavy (non-hydrogen) atoms. The molecule has 1 aromatic heterocycles. The van der Waals surface area contributed by atoms with Crippen LogP contribution in [0.5, 0.6) is 5.75 Å². The SMILES string of the molecule is COc1ccccc1C(=O)Nc1ccc2c3c(c(=O)[nH]c2c1)CCC3. The number of methoxy groups -OCH3 is 1. The number of anilines is 1. The van der Waals surface area contributed by atoms with E-state index in [9.17, 15) is 9.59 Å². The van der Waals surface area contributed by atoms with Gasteiger partial charge in [0.15, 0.2) is 0 Å². The number of aromatic amines is 1. The fourth-order valence-corrected chi connectivity index (χ4v) is 3.51. The van der Waals surface area contributed by atoms with Crippen LogP contribution in [0.1, 0.15) is 27.9 Å². The van der Waals surface area contributed by atoms with Crippen LogP contribution in [0.15, 0.2) is 47.3 Å². The lowest BCUT2D eigenvalue weighted by atomic mass is 10.1. The van der Waals surface area contributed by atoms with Gasteiger partial charge in [-0.3, -0.25) is 9.59 Å². The fraction of sp³-hybridized carbons (Fsp3) is 0.200. The molecule has 0 radical (unpaired) electrons. The van der Waals surface area contributed by atoms with Crippen molar-refractivity contribution in [3.8, 4) is 5.75 Å². The standard InChI is InChI=1S/C20H18N2O3/c1-25-18-8-3-2-5-16(18)20(24)21-12-9-10-14-13-6-4-7-15(13)19(23)22-17(14)11-12/h2-3,5,8-11H,4,6-7H2,1H3,(H,21,24)(H,22,23). The molecule has 2 aromatic carbocycles. The second kappa shape index (κ2) is 6.09. The van der Waals surface area contributed by atoms with Crippen LogP contribution < -0.4 is 15.6 Å². The summed E-state index contributed by atoms with van der Waals surface area (Å²) in [6.45, 7) is 0. The van der Waals surface area contributed by atoms with Crippen LogP contribution >= 0.6 is 0 Å². The fourth-order valence-electron chi connectivity index (χ4n) is 3.51. The predicted octanol–water partition coefficient (Wildman–Crippen LogP) is 3.28. The Balaban J connectivity index is 1.70. The number of hydrogen-bond acceptors (Lipinski definition) is 3. The van der Waals surface area contributed by atoms with Crippen molar-refractivity contribution >= 4 is 22.5 Å². The summed E-state index contributed by atoms with van der Waals surface area (Å²) in [6, 6.07) is 12.7. The number of aryl methyl sites for hydroxylation is 1. The third kappa shape index (κ3) is 2.67. The summed E-state index contributed by atoms with van der Waals surface area (Å²) in [5, 5.41) is 3.93. The van der Waals surface area contributed by atoms with Crippen LogP contribution in [0.4, 0.5) is 5.69 Å². The zero-order valence-electron chi connectivity index (χ0n) is 13.9. The van der Waals surface area contributed by atoms with Gasteiger partial charge in [0.25, 0.3) is 11.5 Å². The molecule has 0 spiro atoms. The lowest BCUT2D eigenvalue weighted by Crippen LogP contribution is -2.14. The normalized spacial score (nSPS) is 12.8. The van der Waals surface area contributed by atoms with Crippen molar-refractivity contribution in [2.24, 2.45) is 0 Å². The highest BCUT2D eigenvalue weighted by atomic mass is 16.5. The van der Waals surface area contributed by atoms with E-state index in [1.54, 1.807) is 18.2 Å². The molecule has 1 aliphatic carbocycles. The Morgan fingerprint density at radius 3 is 2.76 bits per heavy atom. The smallest absolute Gasteiger partial charge is 0.259 e. The van der Waals surface area contributed by atoms with E-state index in [-0.39, 0.29) is 11.5 Å². The van der Waals surface area contributed by atoms with Crippen LogP contribution in [0, 0.1) is 0 Å². The monoisotopic (exact) mass is 334 g/mol. The average Bonchev–Trinajstić information content (AvgIpc) is 3.12. The Morgan fingerprint density at radius 2 is 1.92 bits per heavy atom. The van der Waals surface area contributed by atoms with E-state index in [4.69, 9.17) is 4.74 Å². The van der Waals surface area contributed by atoms with Gasteiger partial charge in [0, 0.05) is 16.6 Å². The number of amides is 1. The molecule has 0 aliphatic heterocycles. The molecule has 5 heteroatoms. The number of benzene rings is 2. The molecule has 0 saturated carbocycles. The lowest BCUT2D eigenvalue weighted by molar-refractivity contribution is 0.102. The maximum atomic E-state index is 12.5. The van der Waals surface area contributed by atoms with E-state index in [0.29, 0.717) is 17.0 Å². The highest BCUT2D eigenvalue weighted by molar-refractivity contribution is 6.07. The number of hydrogen-bond donors (Lipinski definition) is 2. The van der Waals surface area contributed by atoms with Crippen molar-refractivity contribution in [2.45, 2.75) is 19.3 Å². The van der Waals surface area contributed by atoms with Crippen molar-refractivity contribution in [3.63, 3.8) is 0 Å². The second-order valence-corrected chi connectivity index (χ2v) is 6.18. The molecule has 5 nitrogen and oxygen atoms in total. The third-order valence-corrected chi connectivity index (χ3v) is 4.69. The summed E-state index contributed by atoms with van der Waals surface area (Å²) in [4.78, 5) is 27.7. The van der Waals surface area contributed by atoms with E-state index in [1.165, 1.54) is 7.11 Å². The van der Waals surface area contributed by atoms with Gasteiger partial charge in [0.2, 0.25) is 0 Å². The number of carbonyl (C=O) groups excluding carboxylic acids is 1. The molecule has 4 rings (SSSR count). The van der Waals surface area contributed by atoms with E-state index >= 15 is 0 Å². The van der Waals surface area contributed by atoms with Crippen molar-refractivity contribution in [2.75, 3.05) is 12.4 Å². The largest absolute Gasteiger partial charge is 0.496 e. The van der Waals surface area contributed by atoms with Crippen LogP contribution in [-0.4, -0.2) is 18.0 Å². The Kier molecular flexibility index (Phi) is 3.76. The summed E-state index contributed by atoms with van der Waals surface area (Å²) in [5.74, 6) is 0.271. The number of ether oxygens (including phenoxy) is 1. The average molecular weight is 334 g/mol. The second-order valence-electron chi connectivity index (χ2n) is 6.18. The first kappa shape index (κ1) is 15.4. The zero-order valence-corrected chi connectivity index (χ0v) is 13.9. The van der Waals surface area contributed by atoms with Gasteiger partial charge in [-0.05, 0) is 49.1 Å². The van der Waals surface area contributed by atoms with Gasteiger partial charge in [-0.15, -0.1) is 0 Å². The van der Waals surface area contributed by atoms with Gasteiger partial charge in [-0.2, -0.15) is 0 Å². The zero-order chi connectivity index (χ0) is 17.4. The molecule has 0 bridgehead atoms. The predicted molar refractivity (Wildman–Crippen MR) is 97.5 cm³/mol. The van der Waals surface area contributed by atoms with Gasteiger partial charge in [0.1, 0.15) is 5.75 Å². The van der Waals surface area contributed by atoms with Gasteiger partial charge in [-0.25, -0.2) is 0 Å². The number of fused-ring (bicyclic) bond motifs is 3. The van der Waals surface area contributed by atoms with Crippen molar-refractivity contribution in [1.29, 1.82) is 0 Å². The van der Waals surface area contributed by atoms with E-state index < -0.39 is 0 Å². The van der Waals surface area contributed by atoms with Crippen LogP contribution in [-0.2, 0) is 12.8 Å². The third-order valence-electron chi connectivity index (χ3n) is 4.69. The molecule has 2 N–H and O–H groups in total. The number of H-pyrrole nitrogens is 1. The highest BCUT2D eigenvalue weighted by Gasteiger charge is 2.18. The number of rotatable bonds is 3. The Morgan fingerprint density at radius 1 is 1.12 bits per heavy atom. The number of carbonyl (C=O) groups is 1. The molecule has 126 valence electrons. The lowest BCUT2D eigenvalue weighted by Gasteiger charge is -2.11. The first-order valence-corrected chi connectivity index (χ1v) is 8.29. The maximum Gasteiger partial charge on any atom is 0.259 e. The molecule has 1 heterocycles. The summed E-state index contributed by atoms with van der Waals surface area (Å²) in [7, 11) is 1.54. The van der Waals surface area contributed by atoms with Gasteiger partial charge < -0.3 is 15.0 Å². The number of nitrogens with one attached hydrogen (secondary N) is 2. The highest BCUT2D eigenvalue weighted by Crippen LogP contribution is 2.28. The molecule has 0 unspecified atom stereocenters. The summed E-state index contributed by atoms with van der Waals surface area (Å²) in [5.41, 5.74) is 3.88. The van der Waals surface area contributed by atoms with Crippen molar-refractivity contribution in [1.82, 2.24) is 4.98 Å². The van der Waals surface area contributed by atoms with Crippen LogP contribution in [0.2, 0.25) is 0 Å². The van der Waals surface area contributed by atoms with Crippen molar-refractivity contribution in [3.05, 3.63) is 69.5 Å². The molecular formula is C20H18N2O3. The molecular weight excluding hydrogens is 316 g/mol. The minimum atomic E-state index is -0.250. The van der Waals surface area contributed by atoms with Gasteiger partial charge in [0.05, 0.1) is 18.2 Å². The Bertz CT molecular complexity index is 1040. The summed E-state index contributed by atoms with van der Waals surface area (Å²) in [6.07, 6.45) is 2.79. The minimum absolute atomic E-state index is 0.0202. The topological polar surface area (TPSA) is 71.2 Å². The van der Waals surface area contributed by atoms with Gasteiger partial charge >= 0.3 is 0 Å². The van der Waals surface area contributed by atoms with E-state index in [1.807, 2.05) is 24.3 Å². The summed E-state index contributed by atoms with van der Waals surface area (Å²) < 4.78 is 5.23. The molecule has 1 amide bonds. The molecule has 1 aliphatic rings. The quantitative estimate of drug-likeness (QED) is 0.772. The van der Waals surface area contributed by atoms with Crippen LogP contribution in [0.25, 0.3) is 10.9 Å². The van der Waals surface area contributed by atoms with Gasteiger partial charge in [-0.1, -0.05) is 18.2 Å².